The highest BCUT2D eigenvalue weighted by atomic mass is 16.5. The molecule has 0 heterocycles. The highest BCUT2D eigenvalue weighted by Gasteiger charge is 2.59. The molecule has 0 radical (unpaired) electrons. The van der Waals surface area contributed by atoms with E-state index in [1.54, 1.807) is 0 Å². The summed E-state index contributed by atoms with van der Waals surface area (Å²) < 4.78 is 9.98. The van der Waals surface area contributed by atoms with E-state index in [0.29, 0.717) is 17.8 Å². The number of carbonyl (C=O) groups is 2. The molecule has 0 spiro atoms. The van der Waals surface area contributed by atoms with Crippen molar-refractivity contribution in [3.63, 3.8) is 0 Å². The Hall–Kier alpha value is -1.06. The van der Waals surface area contributed by atoms with Crippen molar-refractivity contribution in [2.24, 2.45) is 47.3 Å². The molecule has 0 saturated heterocycles. The zero-order valence-corrected chi connectivity index (χ0v) is 14.2. The zero-order valence-electron chi connectivity index (χ0n) is 14.2. The van der Waals surface area contributed by atoms with Gasteiger partial charge in [-0.3, -0.25) is 9.59 Å². The van der Waals surface area contributed by atoms with Gasteiger partial charge in [-0.25, -0.2) is 0 Å². The summed E-state index contributed by atoms with van der Waals surface area (Å²) in [5.41, 5.74) is 0. The molecule has 0 aromatic heterocycles. The minimum Gasteiger partial charge on any atom is -0.468 e. The molecule has 4 nitrogen and oxygen atoms in total. The number of hydrogen-bond donors (Lipinski definition) is 0. The van der Waals surface area contributed by atoms with E-state index in [2.05, 4.69) is 0 Å². The SMILES string of the molecule is COC(=O)C(C(=O)OC)[C@@H]1[C@H]2CC[C@H](C2)[C@@H]1[C@@H]1C[C@@H]2CC[C@H]1C2. The molecule has 0 aromatic carbocycles. The van der Waals surface area contributed by atoms with Gasteiger partial charge < -0.3 is 9.47 Å². The van der Waals surface area contributed by atoms with Crippen molar-refractivity contribution < 1.29 is 19.1 Å². The third-order valence-corrected chi connectivity index (χ3v) is 7.63. The number of fused-ring (bicyclic) bond motifs is 4. The molecule has 0 amide bonds. The second kappa shape index (κ2) is 5.78. The van der Waals surface area contributed by atoms with E-state index in [9.17, 15) is 9.59 Å². The lowest BCUT2D eigenvalue weighted by molar-refractivity contribution is -0.164. The Bertz CT molecular complexity index is 486. The molecular formula is C19H28O4. The maximum absolute atomic E-state index is 12.4. The molecule has 128 valence electrons. The fourth-order valence-electron chi connectivity index (χ4n) is 6.94. The Morgan fingerprint density at radius 1 is 0.826 bits per heavy atom. The van der Waals surface area contributed by atoms with Gasteiger partial charge in [0.1, 0.15) is 0 Å². The molecule has 4 aliphatic carbocycles. The molecule has 0 aliphatic heterocycles. The molecule has 0 N–H and O–H groups in total. The van der Waals surface area contributed by atoms with Crippen molar-refractivity contribution in [1.29, 1.82) is 0 Å². The Labute approximate surface area is 138 Å². The Morgan fingerprint density at radius 2 is 1.48 bits per heavy atom. The summed E-state index contributed by atoms with van der Waals surface area (Å²) >= 11 is 0. The Balaban J connectivity index is 1.64. The van der Waals surface area contributed by atoms with Gasteiger partial charge in [-0.05, 0) is 80.0 Å². The predicted octanol–water partition coefficient (Wildman–Crippen LogP) is 3.05. The van der Waals surface area contributed by atoms with Crippen LogP contribution in [-0.4, -0.2) is 26.2 Å². The van der Waals surface area contributed by atoms with Crippen molar-refractivity contribution in [2.75, 3.05) is 14.2 Å². The smallest absolute Gasteiger partial charge is 0.320 e. The number of rotatable bonds is 4. The maximum atomic E-state index is 12.4. The molecule has 23 heavy (non-hydrogen) atoms. The quantitative estimate of drug-likeness (QED) is 0.590. The average Bonchev–Trinajstić information content (AvgIpc) is 3.34. The molecule has 7 atom stereocenters. The van der Waals surface area contributed by atoms with Crippen molar-refractivity contribution in [1.82, 2.24) is 0 Å². The van der Waals surface area contributed by atoms with Crippen LogP contribution in [0.3, 0.4) is 0 Å². The molecule has 4 heteroatoms. The van der Waals surface area contributed by atoms with E-state index in [-0.39, 0.29) is 17.9 Å². The lowest BCUT2D eigenvalue weighted by Crippen LogP contribution is -2.43. The molecule has 4 saturated carbocycles. The van der Waals surface area contributed by atoms with E-state index in [1.807, 2.05) is 0 Å². The number of ether oxygens (including phenoxy) is 2. The molecule has 4 fully saturated rings. The van der Waals surface area contributed by atoms with Crippen LogP contribution in [0, 0.1) is 47.3 Å². The lowest BCUT2D eigenvalue weighted by Gasteiger charge is -2.41. The van der Waals surface area contributed by atoms with E-state index < -0.39 is 5.92 Å². The van der Waals surface area contributed by atoms with Gasteiger partial charge in [0.25, 0.3) is 0 Å². The van der Waals surface area contributed by atoms with Crippen LogP contribution in [0.2, 0.25) is 0 Å². The summed E-state index contributed by atoms with van der Waals surface area (Å²) in [5, 5.41) is 0. The first-order valence-electron chi connectivity index (χ1n) is 9.29. The van der Waals surface area contributed by atoms with Crippen molar-refractivity contribution in [3.05, 3.63) is 0 Å². The third kappa shape index (κ3) is 2.32. The van der Waals surface area contributed by atoms with Gasteiger partial charge in [0.05, 0.1) is 14.2 Å². The van der Waals surface area contributed by atoms with Crippen molar-refractivity contribution >= 4 is 11.9 Å². The molecule has 0 aromatic rings. The van der Waals surface area contributed by atoms with Gasteiger partial charge >= 0.3 is 11.9 Å². The van der Waals surface area contributed by atoms with E-state index in [4.69, 9.17) is 9.47 Å². The van der Waals surface area contributed by atoms with Crippen LogP contribution in [0.5, 0.6) is 0 Å². The number of esters is 2. The highest BCUT2D eigenvalue weighted by molar-refractivity contribution is 5.95. The van der Waals surface area contributed by atoms with Gasteiger partial charge in [0, 0.05) is 0 Å². The van der Waals surface area contributed by atoms with Gasteiger partial charge in [-0.15, -0.1) is 0 Å². The van der Waals surface area contributed by atoms with Gasteiger partial charge in [-0.2, -0.15) is 0 Å². The second-order valence-electron chi connectivity index (χ2n) is 8.35. The molecule has 0 unspecified atom stereocenters. The van der Waals surface area contributed by atoms with Crippen LogP contribution in [-0.2, 0) is 19.1 Å². The zero-order chi connectivity index (χ0) is 16.1. The highest BCUT2D eigenvalue weighted by Crippen LogP contribution is 2.63. The van der Waals surface area contributed by atoms with Crippen molar-refractivity contribution in [2.45, 2.75) is 44.9 Å². The van der Waals surface area contributed by atoms with E-state index >= 15 is 0 Å². The monoisotopic (exact) mass is 320 g/mol. The molecule has 4 aliphatic rings. The second-order valence-corrected chi connectivity index (χ2v) is 8.35. The minimum atomic E-state index is -0.704. The average molecular weight is 320 g/mol. The van der Waals surface area contributed by atoms with Gasteiger partial charge in [-0.1, -0.05) is 6.42 Å². The van der Waals surface area contributed by atoms with Gasteiger partial charge in [0.15, 0.2) is 5.92 Å². The first kappa shape index (κ1) is 15.5. The summed E-state index contributed by atoms with van der Waals surface area (Å²) in [6.07, 6.45) is 9.11. The summed E-state index contributed by atoms with van der Waals surface area (Å²) in [7, 11) is 2.77. The van der Waals surface area contributed by atoms with E-state index in [1.165, 1.54) is 52.7 Å². The predicted molar refractivity (Wildman–Crippen MR) is 84.3 cm³/mol. The first-order chi connectivity index (χ1) is 11.1. The summed E-state index contributed by atoms with van der Waals surface area (Å²) in [4.78, 5) is 24.7. The van der Waals surface area contributed by atoms with E-state index in [0.717, 1.165) is 24.2 Å². The first-order valence-corrected chi connectivity index (χ1v) is 9.29. The van der Waals surface area contributed by atoms with Crippen molar-refractivity contribution in [3.8, 4) is 0 Å². The maximum Gasteiger partial charge on any atom is 0.320 e. The van der Waals surface area contributed by atoms with Crippen LogP contribution in [0.4, 0.5) is 0 Å². The third-order valence-electron chi connectivity index (χ3n) is 7.63. The summed E-state index contributed by atoms with van der Waals surface area (Å²) in [6.45, 7) is 0. The fourth-order valence-corrected chi connectivity index (χ4v) is 6.94. The van der Waals surface area contributed by atoms with Crippen LogP contribution < -0.4 is 0 Å². The summed E-state index contributed by atoms with van der Waals surface area (Å²) in [5.74, 6) is 2.89. The number of carbonyl (C=O) groups excluding carboxylic acids is 2. The standard InChI is InChI=1S/C19H28O4/c1-22-18(20)17(19(21)23-2)16-13-6-5-12(9-13)15(16)14-8-10-3-4-11(14)7-10/h10-17H,3-9H2,1-2H3/t10-,11+,12-,13+,14-,15-,16-/m1/s1. The number of methoxy groups -OCH3 is 2. The van der Waals surface area contributed by atoms with Crippen LogP contribution >= 0.6 is 0 Å². The minimum absolute atomic E-state index is 0.151. The normalized spacial score (nSPS) is 44.0. The van der Waals surface area contributed by atoms with Crippen LogP contribution in [0.1, 0.15) is 44.9 Å². The molecular weight excluding hydrogens is 292 g/mol. The molecule has 4 bridgehead atoms. The largest absolute Gasteiger partial charge is 0.468 e. The summed E-state index contributed by atoms with van der Waals surface area (Å²) in [6, 6.07) is 0. The fraction of sp³-hybridized carbons (Fsp3) is 0.895. The number of hydrogen-bond acceptors (Lipinski definition) is 4. The lowest BCUT2D eigenvalue weighted by atomic mass is 9.64. The van der Waals surface area contributed by atoms with Gasteiger partial charge in [0.2, 0.25) is 0 Å². The Kier molecular flexibility index (Phi) is 3.89. The topological polar surface area (TPSA) is 52.6 Å². The van der Waals surface area contributed by atoms with Crippen LogP contribution in [0.15, 0.2) is 0 Å². The molecule has 4 rings (SSSR count). The Morgan fingerprint density at radius 3 is 2.04 bits per heavy atom. The van der Waals surface area contributed by atoms with Crippen LogP contribution in [0.25, 0.3) is 0 Å².